The molecule has 0 unspecified atom stereocenters. The van der Waals surface area contributed by atoms with Crippen LogP contribution in [0, 0.1) is 0 Å². The molecule has 14 N–H and O–H groups in total. The van der Waals surface area contributed by atoms with Gasteiger partial charge >= 0.3 is 0 Å². The monoisotopic (exact) mass is 482 g/mol. The van der Waals surface area contributed by atoms with E-state index < -0.39 is 98.3 Å². The lowest BCUT2D eigenvalue weighted by molar-refractivity contribution is -0.317. The Morgan fingerprint density at radius 2 is 1.33 bits per heavy atom. The number of aldehydes is 1. The largest absolute Gasteiger partial charge is 0.394 e. The van der Waals surface area contributed by atoms with Gasteiger partial charge in [0.05, 0.1) is 18.7 Å². The Hall–Kier alpha value is -0.890. The fourth-order valence-corrected chi connectivity index (χ4v) is 4.32. The second-order valence-electron chi connectivity index (χ2n) is 8.70. The highest BCUT2D eigenvalue weighted by molar-refractivity contribution is 5.57. The molecule has 33 heavy (non-hydrogen) atoms. The number of aliphatic hydroxyl groups excluding tert-OH is 6. The van der Waals surface area contributed by atoms with Crippen molar-refractivity contribution in [1.29, 1.82) is 0 Å². The van der Waals surface area contributed by atoms with Crippen LogP contribution in [0.3, 0.4) is 0 Å². The summed E-state index contributed by atoms with van der Waals surface area (Å²) in [7, 11) is 0. The molecule has 2 heterocycles. The lowest BCUT2D eigenvalue weighted by atomic mass is 9.84. The summed E-state index contributed by atoms with van der Waals surface area (Å²) in [5.41, 5.74) is 23.8. The minimum absolute atomic E-state index is 0.0809. The molecule has 0 amide bonds. The number of aliphatic hydroxyl groups is 6. The molecule has 0 bridgehead atoms. The fourth-order valence-electron chi connectivity index (χ4n) is 4.32. The van der Waals surface area contributed by atoms with Gasteiger partial charge in [0, 0.05) is 12.1 Å². The highest BCUT2D eigenvalue weighted by Gasteiger charge is 2.51. The SMILES string of the molecule is N[C@@H]1[C@@H](O)[C@@H](O[C@@H]2[C@@H](O)[C@H](O[C@H]3O[C@H](C=O)[C@@H](O)[C@H](O)[C@H]3N)[C@@H](N)C[C@H]2N)O[C@H](CO)[C@H]1O. The van der Waals surface area contributed by atoms with Gasteiger partial charge in [-0.1, -0.05) is 0 Å². The lowest BCUT2D eigenvalue weighted by Crippen LogP contribution is -2.69. The Labute approximate surface area is 189 Å². The summed E-state index contributed by atoms with van der Waals surface area (Å²) in [6.45, 7) is -0.597. The van der Waals surface area contributed by atoms with Gasteiger partial charge in [0.15, 0.2) is 18.9 Å². The second-order valence-corrected chi connectivity index (χ2v) is 8.70. The van der Waals surface area contributed by atoms with Crippen molar-refractivity contribution < 1.29 is 54.4 Å². The first-order valence-corrected chi connectivity index (χ1v) is 10.6. The maximum absolute atomic E-state index is 11.2. The molecule has 0 aromatic carbocycles. The maximum atomic E-state index is 11.2. The molecule has 2 aliphatic heterocycles. The number of nitrogens with two attached hydrogens (primary N) is 4. The van der Waals surface area contributed by atoms with Crippen molar-refractivity contribution in [2.75, 3.05) is 6.61 Å². The van der Waals surface area contributed by atoms with Gasteiger partial charge in [0.1, 0.15) is 54.9 Å². The molecule has 15 heteroatoms. The van der Waals surface area contributed by atoms with Gasteiger partial charge in [0.2, 0.25) is 0 Å². The van der Waals surface area contributed by atoms with Gasteiger partial charge in [-0.15, -0.1) is 0 Å². The first-order chi connectivity index (χ1) is 15.5. The van der Waals surface area contributed by atoms with Gasteiger partial charge in [0.25, 0.3) is 0 Å². The van der Waals surface area contributed by atoms with Crippen molar-refractivity contribution in [1.82, 2.24) is 0 Å². The van der Waals surface area contributed by atoms with Gasteiger partial charge in [-0.2, -0.15) is 0 Å². The van der Waals surface area contributed by atoms with E-state index in [9.17, 15) is 35.4 Å². The first kappa shape index (κ1) is 26.7. The summed E-state index contributed by atoms with van der Waals surface area (Å²) in [4.78, 5) is 11.2. The number of carbonyl (C=O) groups is 1. The fraction of sp³-hybridized carbons (Fsp3) is 0.944. The summed E-state index contributed by atoms with van der Waals surface area (Å²) in [6.07, 6.45) is -14.9. The predicted octanol–water partition coefficient (Wildman–Crippen LogP) is -7.08. The Balaban J connectivity index is 1.73. The van der Waals surface area contributed by atoms with Gasteiger partial charge in [-0.05, 0) is 6.42 Å². The molecular formula is C18H34N4O11. The summed E-state index contributed by atoms with van der Waals surface area (Å²) in [6, 6.07) is -4.14. The van der Waals surface area contributed by atoms with Crippen LogP contribution in [0.4, 0.5) is 0 Å². The van der Waals surface area contributed by atoms with Crippen LogP contribution in [0.15, 0.2) is 0 Å². The van der Waals surface area contributed by atoms with Crippen LogP contribution in [0.5, 0.6) is 0 Å². The number of carbonyl (C=O) groups excluding carboxylic acids is 1. The average Bonchev–Trinajstić information content (AvgIpc) is 2.79. The summed E-state index contributed by atoms with van der Waals surface area (Å²) in [5.74, 6) is 0. The van der Waals surface area contributed by atoms with Crippen molar-refractivity contribution in [3.8, 4) is 0 Å². The van der Waals surface area contributed by atoms with Crippen LogP contribution in [0.2, 0.25) is 0 Å². The van der Waals surface area contributed by atoms with E-state index in [0.717, 1.165) is 0 Å². The Morgan fingerprint density at radius 1 is 0.758 bits per heavy atom. The normalized spacial score (nSPS) is 53.6. The number of rotatable bonds is 6. The van der Waals surface area contributed by atoms with Crippen molar-refractivity contribution in [3.63, 3.8) is 0 Å². The van der Waals surface area contributed by atoms with E-state index in [2.05, 4.69) is 0 Å². The van der Waals surface area contributed by atoms with Crippen LogP contribution in [0.1, 0.15) is 6.42 Å². The van der Waals surface area contributed by atoms with Gasteiger partial charge < -0.3 is 77.3 Å². The van der Waals surface area contributed by atoms with Gasteiger partial charge in [-0.25, -0.2) is 0 Å². The molecule has 15 nitrogen and oxygen atoms in total. The predicted molar refractivity (Wildman–Crippen MR) is 107 cm³/mol. The molecule has 3 aliphatic rings. The van der Waals surface area contributed by atoms with Crippen LogP contribution < -0.4 is 22.9 Å². The van der Waals surface area contributed by atoms with Crippen molar-refractivity contribution in [2.45, 2.75) is 98.1 Å². The first-order valence-electron chi connectivity index (χ1n) is 10.6. The average molecular weight is 482 g/mol. The number of hydrogen-bond acceptors (Lipinski definition) is 15. The maximum Gasteiger partial charge on any atom is 0.186 e. The Kier molecular flexibility index (Phi) is 8.74. The molecule has 1 saturated carbocycles. The molecule has 0 aromatic heterocycles. The van der Waals surface area contributed by atoms with Crippen LogP contribution in [0.25, 0.3) is 0 Å². The standard InChI is InChI=1S/C18H34N4O11/c19-4-1-5(20)16(33-18-13(28)8(21)10(25)6(2-23)31-18)14(29)15(4)32-17-9(22)12(27)11(26)7(3-24)30-17/h3-18,23,25-29H,1-2,19-22H2/t4-,5+,6+,7+,8-,9+,10+,11+,12+,13+,14-,15+,16-,17+,18+/m0/s1. The number of ether oxygens (including phenoxy) is 4. The summed E-state index contributed by atoms with van der Waals surface area (Å²) >= 11 is 0. The lowest BCUT2D eigenvalue weighted by Gasteiger charge is -2.48. The highest BCUT2D eigenvalue weighted by Crippen LogP contribution is 2.30. The van der Waals surface area contributed by atoms with E-state index in [1.807, 2.05) is 0 Å². The van der Waals surface area contributed by atoms with Gasteiger partial charge in [-0.3, -0.25) is 0 Å². The van der Waals surface area contributed by atoms with E-state index in [4.69, 9.17) is 41.9 Å². The van der Waals surface area contributed by atoms with Crippen molar-refractivity contribution in [2.24, 2.45) is 22.9 Å². The number of hydrogen-bond donors (Lipinski definition) is 10. The Morgan fingerprint density at radius 3 is 1.88 bits per heavy atom. The summed E-state index contributed by atoms with van der Waals surface area (Å²) in [5, 5.41) is 60.6. The van der Waals surface area contributed by atoms with E-state index >= 15 is 0 Å². The quantitative estimate of drug-likeness (QED) is 0.157. The smallest absolute Gasteiger partial charge is 0.186 e. The van der Waals surface area contributed by atoms with E-state index in [0.29, 0.717) is 0 Å². The molecule has 3 rings (SSSR count). The van der Waals surface area contributed by atoms with Crippen LogP contribution in [-0.4, -0.2) is 135 Å². The molecular weight excluding hydrogens is 448 g/mol. The van der Waals surface area contributed by atoms with Crippen molar-refractivity contribution >= 4 is 6.29 Å². The van der Waals surface area contributed by atoms with Crippen LogP contribution in [-0.2, 0) is 23.7 Å². The zero-order valence-corrected chi connectivity index (χ0v) is 17.7. The minimum atomic E-state index is -1.56. The van der Waals surface area contributed by atoms with Crippen LogP contribution >= 0.6 is 0 Å². The topological polar surface area (TPSA) is 279 Å². The third-order valence-corrected chi connectivity index (χ3v) is 6.40. The zero-order chi connectivity index (χ0) is 24.6. The third kappa shape index (κ3) is 5.21. The Bertz CT molecular complexity index is 663. The molecule has 3 fully saturated rings. The molecule has 192 valence electrons. The molecule has 0 spiro atoms. The minimum Gasteiger partial charge on any atom is -0.394 e. The van der Waals surface area contributed by atoms with Crippen molar-refractivity contribution in [3.05, 3.63) is 0 Å². The summed E-state index contributed by atoms with van der Waals surface area (Å²) < 4.78 is 22.1. The second kappa shape index (κ2) is 10.8. The molecule has 2 saturated heterocycles. The van der Waals surface area contributed by atoms with E-state index in [1.54, 1.807) is 0 Å². The molecule has 0 radical (unpaired) electrons. The molecule has 1 aliphatic carbocycles. The zero-order valence-electron chi connectivity index (χ0n) is 17.7. The molecule has 15 atom stereocenters. The molecule has 0 aromatic rings. The third-order valence-electron chi connectivity index (χ3n) is 6.40. The van der Waals surface area contributed by atoms with E-state index in [-0.39, 0.29) is 12.7 Å². The van der Waals surface area contributed by atoms with E-state index in [1.165, 1.54) is 0 Å². The highest BCUT2D eigenvalue weighted by atomic mass is 16.7.